The van der Waals surface area contributed by atoms with Crippen LogP contribution in [0.15, 0.2) is 57.2 Å². The van der Waals surface area contributed by atoms with E-state index in [1.807, 2.05) is 0 Å². The Kier molecular flexibility index (Phi) is 6.79. The van der Waals surface area contributed by atoms with Crippen LogP contribution in [0.25, 0.3) is 11.4 Å². The summed E-state index contributed by atoms with van der Waals surface area (Å²) in [4.78, 5) is 22.5. The summed E-state index contributed by atoms with van der Waals surface area (Å²) in [5.74, 6) is 0.0197. The number of nitro benzene ring substituents is 1. The van der Waals surface area contributed by atoms with E-state index < -0.39 is 4.92 Å². The molecule has 3 rings (SSSR count). The summed E-state index contributed by atoms with van der Waals surface area (Å²) >= 11 is 4.43. The number of aromatic nitrogens is 3. The monoisotopic (exact) mass is 490 g/mol. The van der Waals surface area contributed by atoms with E-state index in [0.29, 0.717) is 22.1 Å². The lowest BCUT2D eigenvalue weighted by Gasteiger charge is -2.09. The van der Waals surface area contributed by atoms with Crippen molar-refractivity contribution in [3.05, 3.63) is 62.6 Å². The van der Waals surface area contributed by atoms with Gasteiger partial charge in [-0.25, -0.2) is 9.99 Å². The van der Waals surface area contributed by atoms with Gasteiger partial charge in [-0.2, -0.15) is 5.10 Å². The molecule has 0 bridgehead atoms. The van der Waals surface area contributed by atoms with Gasteiger partial charge in [0.05, 0.1) is 34.6 Å². The van der Waals surface area contributed by atoms with Crippen molar-refractivity contribution >= 4 is 45.5 Å². The number of non-ortho nitro benzene ring substituents is 1. The number of halogens is 1. The molecule has 1 aromatic heterocycles. The molecule has 1 heterocycles. The van der Waals surface area contributed by atoms with E-state index in [9.17, 15) is 20.0 Å². The highest BCUT2D eigenvalue weighted by Gasteiger charge is 2.21. The van der Waals surface area contributed by atoms with E-state index in [4.69, 9.17) is 0 Å². The summed E-state index contributed by atoms with van der Waals surface area (Å²) in [6, 6.07) is 10.8. The Morgan fingerprint density at radius 2 is 2.20 bits per heavy atom. The van der Waals surface area contributed by atoms with E-state index in [-0.39, 0.29) is 23.1 Å². The van der Waals surface area contributed by atoms with Crippen molar-refractivity contribution in [1.29, 1.82) is 0 Å². The van der Waals surface area contributed by atoms with E-state index in [0.717, 1.165) is 16.2 Å². The van der Waals surface area contributed by atoms with Gasteiger partial charge in [-0.1, -0.05) is 33.8 Å². The van der Waals surface area contributed by atoms with E-state index in [2.05, 4.69) is 36.7 Å². The predicted octanol–water partition coefficient (Wildman–Crippen LogP) is 1.89. The largest absolute Gasteiger partial charge is 0.872 e. The second-order valence-electron chi connectivity index (χ2n) is 5.99. The van der Waals surface area contributed by atoms with Crippen LogP contribution in [0.4, 0.5) is 5.69 Å². The highest BCUT2D eigenvalue weighted by atomic mass is 79.9. The van der Waals surface area contributed by atoms with Gasteiger partial charge in [-0.3, -0.25) is 14.9 Å². The molecule has 2 N–H and O–H groups in total. The van der Waals surface area contributed by atoms with Gasteiger partial charge in [-0.05, 0) is 35.5 Å². The molecule has 0 fully saturated rings. The fraction of sp³-hybridized carbons (Fsp3) is 0.111. The molecule has 2 aromatic carbocycles. The first-order valence-corrected chi connectivity index (χ1v) is 10.2. The number of hydrogen-bond acceptors (Lipinski definition) is 7. The van der Waals surface area contributed by atoms with Gasteiger partial charge in [0.25, 0.3) is 17.4 Å². The number of H-pyrrole nitrogens is 1. The molecule has 0 atom stereocenters. The number of thioether (sulfide) groups is 1. The summed E-state index contributed by atoms with van der Waals surface area (Å²) < 4.78 is 2.43. The molecular weight excluding hydrogens is 476 g/mol. The van der Waals surface area contributed by atoms with Crippen LogP contribution in [0.5, 0.6) is 5.75 Å². The maximum absolute atomic E-state index is 12.0. The van der Waals surface area contributed by atoms with Crippen molar-refractivity contribution in [2.24, 2.45) is 12.1 Å². The van der Waals surface area contributed by atoms with Crippen LogP contribution < -0.4 is 15.1 Å². The number of aromatic amines is 1. The van der Waals surface area contributed by atoms with Gasteiger partial charge in [0.15, 0.2) is 0 Å². The minimum absolute atomic E-state index is 0.0276. The first kappa shape index (κ1) is 21.5. The molecule has 154 valence electrons. The smallest absolute Gasteiger partial charge is 0.337 e. The molecule has 0 aliphatic heterocycles. The Labute approximate surface area is 183 Å². The number of rotatable bonds is 7. The summed E-state index contributed by atoms with van der Waals surface area (Å²) in [5.41, 5.74) is 3.28. The Hall–Kier alpha value is -3.25. The third-order valence-corrected chi connectivity index (χ3v) is 5.43. The van der Waals surface area contributed by atoms with Gasteiger partial charge in [0, 0.05) is 16.6 Å². The minimum atomic E-state index is -0.468. The molecule has 0 saturated carbocycles. The first-order valence-electron chi connectivity index (χ1n) is 8.45. The molecule has 0 spiro atoms. The lowest BCUT2D eigenvalue weighted by atomic mass is 10.2. The van der Waals surface area contributed by atoms with E-state index in [1.165, 1.54) is 24.4 Å². The van der Waals surface area contributed by atoms with Gasteiger partial charge in [0.1, 0.15) is 0 Å². The zero-order valence-corrected chi connectivity index (χ0v) is 17.9. The predicted molar refractivity (Wildman–Crippen MR) is 112 cm³/mol. The van der Waals surface area contributed by atoms with Crippen molar-refractivity contribution in [1.82, 2.24) is 15.6 Å². The van der Waals surface area contributed by atoms with Crippen LogP contribution in [0.2, 0.25) is 0 Å². The second kappa shape index (κ2) is 9.50. The quantitative estimate of drug-likeness (QED) is 0.170. The molecular formula is C18H15BrN6O4S. The average Bonchev–Trinajstić information content (AvgIpc) is 3.09. The Morgan fingerprint density at radius 1 is 1.40 bits per heavy atom. The van der Waals surface area contributed by atoms with Gasteiger partial charge in [0.2, 0.25) is 0 Å². The number of nitro groups is 1. The van der Waals surface area contributed by atoms with Gasteiger partial charge < -0.3 is 5.11 Å². The third kappa shape index (κ3) is 5.21. The topological polar surface area (TPSA) is 140 Å². The highest BCUT2D eigenvalue weighted by Crippen LogP contribution is 2.21. The zero-order chi connectivity index (χ0) is 21.7. The zero-order valence-electron chi connectivity index (χ0n) is 15.5. The van der Waals surface area contributed by atoms with Crippen molar-refractivity contribution in [3.8, 4) is 17.1 Å². The van der Waals surface area contributed by atoms with E-state index >= 15 is 0 Å². The number of amides is 1. The molecule has 12 heteroatoms. The molecule has 0 aliphatic rings. The molecule has 0 unspecified atom stereocenters. The lowest BCUT2D eigenvalue weighted by Crippen LogP contribution is -2.32. The fourth-order valence-electron chi connectivity index (χ4n) is 2.46. The number of hydrazone groups is 1. The standard InChI is InChI=1S/C18H15BrN6O4S/c1-24-17(11-3-2-4-14(8-11)25(28)29)22-23-18(24)30-10-16(27)21-20-9-12-7-13(19)5-6-15(12)26/h2-9H,10H2,1H3,(H2,20,21,26,27). The molecule has 1 amide bonds. The highest BCUT2D eigenvalue weighted by molar-refractivity contribution is 9.10. The molecule has 3 aromatic rings. The number of nitrogens with zero attached hydrogens (tertiary/aromatic N) is 4. The van der Waals surface area contributed by atoms with Crippen LogP contribution in [0.1, 0.15) is 5.56 Å². The minimum Gasteiger partial charge on any atom is -0.872 e. The number of nitrogens with one attached hydrogen (secondary N) is 2. The molecule has 0 saturated heterocycles. The second-order valence-corrected chi connectivity index (χ2v) is 7.84. The number of benzene rings is 2. The van der Waals surface area contributed by atoms with Crippen molar-refractivity contribution < 1.29 is 19.4 Å². The molecule has 0 radical (unpaired) electrons. The van der Waals surface area contributed by atoms with Crippen LogP contribution in [-0.4, -0.2) is 33.0 Å². The molecule has 0 aliphatic carbocycles. The first-order chi connectivity index (χ1) is 14.3. The number of hydrogen-bond donors (Lipinski definition) is 2. The third-order valence-electron chi connectivity index (χ3n) is 3.91. The number of carbonyl (C=O) groups is 1. The summed E-state index contributed by atoms with van der Waals surface area (Å²) in [6.07, 6.45) is 1.28. The maximum Gasteiger partial charge on any atom is 0.337 e. The Morgan fingerprint density at radius 3 is 2.97 bits per heavy atom. The SMILES string of the molecule is C[n+]1c(SCC(=O)N/N=C/c2cc(Br)ccc2[O-])n[nH]c1-c1cccc([N+](=O)[O-])c1. The Bertz CT molecular complexity index is 1130. The fourth-order valence-corrected chi connectivity index (χ4v) is 3.56. The van der Waals surface area contributed by atoms with Crippen LogP contribution in [0, 0.1) is 10.1 Å². The van der Waals surface area contributed by atoms with Crippen molar-refractivity contribution in [2.45, 2.75) is 5.16 Å². The lowest BCUT2D eigenvalue weighted by molar-refractivity contribution is -0.698. The van der Waals surface area contributed by atoms with Crippen LogP contribution in [-0.2, 0) is 11.8 Å². The number of carbonyl (C=O) groups excluding carboxylic acids is 1. The summed E-state index contributed by atoms with van der Waals surface area (Å²) in [7, 11) is 1.74. The van der Waals surface area contributed by atoms with Crippen LogP contribution in [0.3, 0.4) is 0 Å². The van der Waals surface area contributed by atoms with Gasteiger partial charge >= 0.3 is 5.16 Å². The summed E-state index contributed by atoms with van der Waals surface area (Å²) in [5, 5.41) is 33.9. The molecule has 10 nitrogen and oxygen atoms in total. The van der Waals surface area contributed by atoms with Gasteiger partial charge in [-0.15, -0.1) is 5.10 Å². The van der Waals surface area contributed by atoms with Crippen molar-refractivity contribution in [2.75, 3.05) is 5.75 Å². The summed E-state index contributed by atoms with van der Waals surface area (Å²) in [6.45, 7) is 0. The van der Waals surface area contributed by atoms with E-state index in [1.54, 1.807) is 35.9 Å². The van der Waals surface area contributed by atoms with Crippen molar-refractivity contribution in [3.63, 3.8) is 0 Å². The normalized spacial score (nSPS) is 11.0. The Balaban J connectivity index is 1.60. The maximum atomic E-state index is 12.0. The van der Waals surface area contributed by atoms with Crippen LogP contribution >= 0.6 is 27.7 Å². The average molecular weight is 491 g/mol. The molecule has 30 heavy (non-hydrogen) atoms.